The number of piperazine rings is 1. The Bertz CT molecular complexity index is 705. The van der Waals surface area contributed by atoms with E-state index in [0.717, 1.165) is 50.5 Å². The highest BCUT2D eigenvalue weighted by Gasteiger charge is 2.30. The van der Waals surface area contributed by atoms with Crippen LogP contribution in [-0.4, -0.2) is 74.8 Å². The molecule has 8 heteroatoms. The molecule has 0 saturated carbocycles. The topological polar surface area (TPSA) is 76.4 Å². The maximum Gasteiger partial charge on any atom is 0.251 e. The number of carbonyl (C=O) groups is 1. The number of para-hydroxylation sites is 1. The van der Waals surface area contributed by atoms with Crippen molar-refractivity contribution >= 4 is 5.91 Å². The first kappa shape index (κ1) is 16.2. The van der Waals surface area contributed by atoms with E-state index in [-0.39, 0.29) is 12.0 Å². The molecule has 1 amide bonds. The Morgan fingerprint density at radius 3 is 2.68 bits per heavy atom. The molecule has 1 aromatic heterocycles. The van der Waals surface area contributed by atoms with Crippen LogP contribution in [0.5, 0.6) is 0 Å². The lowest BCUT2D eigenvalue weighted by Crippen LogP contribution is -2.51. The van der Waals surface area contributed by atoms with Gasteiger partial charge in [0, 0.05) is 32.8 Å². The maximum absolute atomic E-state index is 12.4. The standard InChI is InChI=1S/C17H22N6O2/c24-17(15-7-4-12-25-15)22-10-8-21(9-11-22)13-16-18-19-20-23(16)14-5-2-1-3-6-14/h1-3,5-6,15H,4,7-13H2. The van der Waals surface area contributed by atoms with Crippen molar-refractivity contribution in [1.82, 2.24) is 30.0 Å². The van der Waals surface area contributed by atoms with Crippen LogP contribution < -0.4 is 0 Å². The summed E-state index contributed by atoms with van der Waals surface area (Å²) in [5, 5.41) is 12.1. The second-order valence-electron chi connectivity index (χ2n) is 6.45. The van der Waals surface area contributed by atoms with Gasteiger partial charge in [0.05, 0.1) is 12.2 Å². The van der Waals surface area contributed by atoms with Crippen LogP contribution in [0.1, 0.15) is 18.7 Å². The van der Waals surface area contributed by atoms with E-state index >= 15 is 0 Å². The van der Waals surface area contributed by atoms with Crippen LogP contribution in [0.15, 0.2) is 30.3 Å². The van der Waals surface area contributed by atoms with Crippen LogP contribution in [0.2, 0.25) is 0 Å². The highest BCUT2D eigenvalue weighted by atomic mass is 16.5. The Balaban J connectivity index is 1.35. The summed E-state index contributed by atoms with van der Waals surface area (Å²) in [5.41, 5.74) is 0.953. The molecule has 3 heterocycles. The van der Waals surface area contributed by atoms with Gasteiger partial charge in [-0.3, -0.25) is 9.69 Å². The van der Waals surface area contributed by atoms with Gasteiger partial charge in [-0.1, -0.05) is 18.2 Å². The van der Waals surface area contributed by atoms with Gasteiger partial charge >= 0.3 is 0 Å². The van der Waals surface area contributed by atoms with Crippen LogP contribution in [0, 0.1) is 0 Å². The fraction of sp³-hybridized carbons (Fsp3) is 0.529. The van der Waals surface area contributed by atoms with E-state index in [4.69, 9.17) is 4.74 Å². The van der Waals surface area contributed by atoms with Gasteiger partial charge in [-0.05, 0) is 35.4 Å². The van der Waals surface area contributed by atoms with Crippen LogP contribution in [-0.2, 0) is 16.1 Å². The third-order valence-electron chi connectivity index (χ3n) is 4.79. The number of ether oxygens (including phenoxy) is 1. The summed E-state index contributed by atoms with van der Waals surface area (Å²) in [6.07, 6.45) is 1.61. The lowest BCUT2D eigenvalue weighted by atomic mass is 10.2. The lowest BCUT2D eigenvalue weighted by Gasteiger charge is -2.35. The summed E-state index contributed by atoms with van der Waals surface area (Å²) in [6, 6.07) is 9.88. The summed E-state index contributed by atoms with van der Waals surface area (Å²) < 4.78 is 7.28. The van der Waals surface area contributed by atoms with E-state index in [1.807, 2.05) is 35.2 Å². The second kappa shape index (κ2) is 7.28. The predicted molar refractivity (Wildman–Crippen MR) is 90.0 cm³/mol. The summed E-state index contributed by atoms with van der Waals surface area (Å²) in [5.74, 6) is 0.955. The number of tetrazole rings is 1. The minimum absolute atomic E-state index is 0.145. The van der Waals surface area contributed by atoms with E-state index in [2.05, 4.69) is 20.4 Å². The molecule has 1 aromatic carbocycles. The van der Waals surface area contributed by atoms with Crippen molar-refractivity contribution < 1.29 is 9.53 Å². The summed E-state index contributed by atoms with van der Waals surface area (Å²) in [6.45, 7) is 4.47. The molecule has 2 aliphatic rings. The number of rotatable bonds is 4. The van der Waals surface area contributed by atoms with Crippen molar-refractivity contribution in [2.75, 3.05) is 32.8 Å². The molecule has 2 saturated heterocycles. The Labute approximate surface area is 146 Å². The average Bonchev–Trinajstić information content (AvgIpc) is 3.35. The van der Waals surface area contributed by atoms with Crippen molar-refractivity contribution in [3.8, 4) is 5.69 Å². The molecule has 2 aliphatic heterocycles. The molecule has 8 nitrogen and oxygen atoms in total. The fourth-order valence-corrected chi connectivity index (χ4v) is 3.38. The van der Waals surface area contributed by atoms with E-state index in [0.29, 0.717) is 13.2 Å². The molecule has 0 radical (unpaired) electrons. The Kier molecular flexibility index (Phi) is 4.71. The zero-order chi connectivity index (χ0) is 17.1. The Morgan fingerprint density at radius 1 is 1.16 bits per heavy atom. The van der Waals surface area contributed by atoms with Gasteiger partial charge in [-0.2, -0.15) is 4.68 Å². The van der Waals surface area contributed by atoms with Gasteiger partial charge in [0.25, 0.3) is 5.91 Å². The largest absolute Gasteiger partial charge is 0.368 e. The minimum Gasteiger partial charge on any atom is -0.368 e. The Hall–Kier alpha value is -2.32. The van der Waals surface area contributed by atoms with Crippen LogP contribution in [0.4, 0.5) is 0 Å². The number of benzene rings is 1. The molecular weight excluding hydrogens is 320 g/mol. The molecule has 25 heavy (non-hydrogen) atoms. The maximum atomic E-state index is 12.4. The normalized spacial score (nSPS) is 21.6. The molecule has 1 unspecified atom stereocenters. The van der Waals surface area contributed by atoms with Crippen molar-refractivity contribution in [3.05, 3.63) is 36.2 Å². The number of amides is 1. The number of hydrogen-bond donors (Lipinski definition) is 0. The van der Waals surface area contributed by atoms with Crippen molar-refractivity contribution in [2.45, 2.75) is 25.5 Å². The molecule has 0 bridgehead atoms. The van der Waals surface area contributed by atoms with E-state index in [9.17, 15) is 4.79 Å². The van der Waals surface area contributed by atoms with Gasteiger partial charge in [0.2, 0.25) is 0 Å². The molecule has 2 aromatic rings. The van der Waals surface area contributed by atoms with Crippen molar-refractivity contribution in [1.29, 1.82) is 0 Å². The SMILES string of the molecule is O=C(C1CCCO1)N1CCN(Cc2nnnn2-c2ccccc2)CC1. The van der Waals surface area contributed by atoms with Crippen LogP contribution in [0.3, 0.4) is 0 Å². The van der Waals surface area contributed by atoms with Gasteiger partial charge in [0.15, 0.2) is 5.82 Å². The zero-order valence-corrected chi connectivity index (χ0v) is 14.1. The van der Waals surface area contributed by atoms with Crippen molar-refractivity contribution in [2.24, 2.45) is 0 Å². The molecule has 4 rings (SSSR count). The first-order chi connectivity index (χ1) is 12.3. The minimum atomic E-state index is -0.225. The zero-order valence-electron chi connectivity index (χ0n) is 14.1. The molecule has 2 fully saturated rings. The molecule has 0 aliphatic carbocycles. The van der Waals surface area contributed by atoms with Crippen LogP contribution in [0.25, 0.3) is 5.69 Å². The first-order valence-corrected chi connectivity index (χ1v) is 8.77. The Morgan fingerprint density at radius 2 is 1.96 bits per heavy atom. The second-order valence-corrected chi connectivity index (χ2v) is 6.45. The van der Waals surface area contributed by atoms with E-state index in [1.54, 1.807) is 4.68 Å². The predicted octanol–water partition coefficient (Wildman–Crippen LogP) is 0.485. The highest BCUT2D eigenvalue weighted by Crippen LogP contribution is 2.17. The molecule has 0 N–H and O–H groups in total. The van der Waals surface area contributed by atoms with E-state index < -0.39 is 0 Å². The number of nitrogens with zero attached hydrogens (tertiary/aromatic N) is 6. The first-order valence-electron chi connectivity index (χ1n) is 8.77. The third-order valence-corrected chi connectivity index (χ3v) is 4.79. The highest BCUT2D eigenvalue weighted by molar-refractivity contribution is 5.81. The van der Waals surface area contributed by atoms with Gasteiger partial charge in [0.1, 0.15) is 6.10 Å². The van der Waals surface area contributed by atoms with E-state index in [1.165, 1.54) is 0 Å². The molecule has 132 valence electrons. The third kappa shape index (κ3) is 3.54. The average molecular weight is 342 g/mol. The van der Waals surface area contributed by atoms with Gasteiger partial charge in [-0.25, -0.2) is 0 Å². The molecular formula is C17H22N6O2. The van der Waals surface area contributed by atoms with Gasteiger partial charge in [-0.15, -0.1) is 5.10 Å². The monoisotopic (exact) mass is 342 g/mol. The molecule has 1 atom stereocenters. The molecule has 0 spiro atoms. The van der Waals surface area contributed by atoms with Crippen molar-refractivity contribution in [3.63, 3.8) is 0 Å². The lowest BCUT2D eigenvalue weighted by molar-refractivity contribution is -0.142. The van der Waals surface area contributed by atoms with Gasteiger partial charge < -0.3 is 9.64 Å². The summed E-state index contributed by atoms with van der Waals surface area (Å²) >= 11 is 0. The smallest absolute Gasteiger partial charge is 0.251 e. The summed E-state index contributed by atoms with van der Waals surface area (Å²) in [7, 11) is 0. The number of carbonyl (C=O) groups excluding carboxylic acids is 1. The fourth-order valence-electron chi connectivity index (χ4n) is 3.38. The number of aromatic nitrogens is 4. The quantitative estimate of drug-likeness (QED) is 0.805. The number of hydrogen-bond acceptors (Lipinski definition) is 6. The van der Waals surface area contributed by atoms with Crippen LogP contribution >= 0.6 is 0 Å². The summed E-state index contributed by atoms with van der Waals surface area (Å²) in [4.78, 5) is 16.6.